The minimum Gasteiger partial charge on any atom is -0.310 e. The van der Waals surface area contributed by atoms with Gasteiger partial charge in [0.15, 0.2) is 0 Å². The molecule has 12 aromatic rings. The number of benzene rings is 11. The van der Waals surface area contributed by atoms with E-state index in [4.69, 9.17) is 6.85 Å². The average Bonchev–Trinajstić information content (AvgIpc) is 3.75. The molecule has 0 amide bonds. The molecule has 2 heteroatoms. The highest BCUT2D eigenvalue weighted by atomic mass is 15.1. The number of fused-ring (bicyclic) bond motifs is 6. The fraction of sp³-hybridized carbons (Fsp3) is 0. The monoisotopic (exact) mass is 819 g/mol. The van der Waals surface area contributed by atoms with E-state index in [2.05, 4.69) is 191 Å². The Kier molecular flexibility index (Phi) is 7.96. The summed E-state index contributed by atoms with van der Waals surface area (Å²) in [6.07, 6.45) is 0. The summed E-state index contributed by atoms with van der Waals surface area (Å²) in [7, 11) is 0. The summed E-state index contributed by atoms with van der Waals surface area (Å²) in [6.45, 7) is 0. The standard InChI is InChI=1S/C62H42N2/c1-4-12-43(13-5-1)45-26-33-55(34-27-45)63(54-17-8-3-9-18-54)57-37-30-51-40-50(24-25-52(51)41-57)47-20-22-48(23-21-47)53-31-38-59-61(42-53)64(60-39-32-49-16-10-11-19-58(49)62(59)60)56-35-28-46(29-36-56)44-14-6-2-7-15-44/h1-42H/i1D,4D,5D,12D,13D. The molecule has 0 fully saturated rings. The average molecular weight is 820 g/mol. The molecule has 0 bridgehead atoms. The minimum absolute atomic E-state index is 0.187. The molecule has 64 heavy (non-hydrogen) atoms. The van der Waals surface area contributed by atoms with E-state index < -0.39 is 6.04 Å². The predicted molar refractivity (Wildman–Crippen MR) is 272 cm³/mol. The molecule has 0 saturated heterocycles. The van der Waals surface area contributed by atoms with Gasteiger partial charge in [0.2, 0.25) is 0 Å². The van der Waals surface area contributed by atoms with Crippen LogP contribution in [0.3, 0.4) is 0 Å². The molecule has 11 aromatic carbocycles. The second-order valence-electron chi connectivity index (χ2n) is 16.2. The van der Waals surface area contributed by atoms with Crippen molar-refractivity contribution in [3.8, 4) is 50.2 Å². The van der Waals surface area contributed by atoms with Crippen molar-refractivity contribution < 1.29 is 6.85 Å². The number of rotatable bonds is 8. The molecule has 0 unspecified atom stereocenters. The summed E-state index contributed by atoms with van der Waals surface area (Å²) in [5, 5.41) is 7.18. The lowest BCUT2D eigenvalue weighted by atomic mass is 9.97. The zero-order valence-electron chi connectivity index (χ0n) is 39.8. The Morgan fingerprint density at radius 3 is 1.59 bits per heavy atom. The molecule has 0 aliphatic rings. The third kappa shape index (κ3) is 6.70. The molecule has 0 aliphatic heterocycles. The van der Waals surface area contributed by atoms with E-state index in [9.17, 15) is 0 Å². The first-order chi connectivity index (χ1) is 33.8. The molecule has 0 radical (unpaired) electrons. The van der Waals surface area contributed by atoms with Crippen LogP contribution in [-0.4, -0.2) is 4.57 Å². The van der Waals surface area contributed by atoms with E-state index in [1.54, 1.807) is 0 Å². The molecule has 0 N–H and O–H groups in total. The van der Waals surface area contributed by atoms with Crippen LogP contribution in [0.2, 0.25) is 0 Å². The van der Waals surface area contributed by atoms with E-state index in [1.165, 1.54) is 43.7 Å². The van der Waals surface area contributed by atoms with Crippen molar-refractivity contribution in [2.45, 2.75) is 0 Å². The molecular formula is C62H42N2. The highest BCUT2D eigenvalue weighted by Gasteiger charge is 2.17. The largest absolute Gasteiger partial charge is 0.310 e. The van der Waals surface area contributed by atoms with Crippen molar-refractivity contribution in [1.82, 2.24) is 4.57 Å². The van der Waals surface area contributed by atoms with Crippen molar-refractivity contribution in [2.24, 2.45) is 0 Å². The molecule has 2 nitrogen and oxygen atoms in total. The van der Waals surface area contributed by atoms with Crippen molar-refractivity contribution in [3.63, 3.8) is 0 Å². The maximum Gasteiger partial charge on any atom is 0.0629 e. The third-order valence-electron chi connectivity index (χ3n) is 12.5. The predicted octanol–water partition coefficient (Wildman–Crippen LogP) is 17.2. The van der Waals surface area contributed by atoms with Gasteiger partial charge in [0.25, 0.3) is 0 Å². The lowest BCUT2D eigenvalue weighted by Gasteiger charge is -2.26. The number of para-hydroxylation sites is 1. The fourth-order valence-corrected chi connectivity index (χ4v) is 9.28. The van der Waals surface area contributed by atoms with Crippen LogP contribution in [-0.2, 0) is 0 Å². The maximum absolute atomic E-state index is 8.50. The van der Waals surface area contributed by atoms with Crippen molar-refractivity contribution in [3.05, 3.63) is 255 Å². The Labute approximate surface area is 380 Å². The van der Waals surface area contributed by atoms with Crippen molar-refractivity contribution in [1.29, 1.82) is 0 Å². The minimum atomic E-state index is -0.400. The van der Waals surface area contributed by atoms with Crippen LogP contribution in [0.15, 0.2) is 255 Å². The van der Waals surface area contributed by atoms with E-state index in [1.807, 2.05) is 42.5 Å². The number of anilines is 3. The number of hydrogen-bond donors (Lipinski definition) is 0. The molecule has 0 saturated carbocycles. The van der Waals surface area contributed by atoms with E-state index in [0.717, 1.165) is 55.8 Å². The molecule has 12 rings (SSSR count). The Bertz CT molecular complexity index is 3890. The van der Waals surface area contributed by atoms with Gasteiger partial charge in [-0.25, -0.2) is 0 Å². The van der Waals surface area contributed by atoms with Gasteiger partial charge in [0.05, 0.1) is 17.9 Å². The van der Waals surface area contributed by atoms with Crippen LogP contribution >= 0.6 is 0 Å². The normalized spacial score (nSPS) is 12.5. The first kappa shape index (κ1) is 32.3. The summed E-state index contributed by atoms with van der Waals surface area (Å²) in [5.41, 5.74) is 14.0. The number of hydrogen-bond acceptors (Lipinski definition) is 1. The second kappa shape index (κ2) is 15.8. The highest BCUT2D eigenvalue weighted by Crippen LogP contribution is 2.41. The van der Waals surface area contributed by atoms with Crippen LogP contribution in [0, 0.1) is 0 Å². The fourth-order valence-electron chi connectivity index (χ4n) is 9.28. The van der Waals surface area contributed by atoms with Crippen molar-refractivity contribution >= 4 is 60.4 Å². The third-order valence-corrected chi connectivity index (χ3v) is 12.5. The van der Waals surface area contributed by atoms with Crippen molar-refractivity contribution in [2.75, 3.05) is 4.90 Å². The van der Waals surface area contributed by atoms with Gasteiger partial charge in [-0.15, -0.1) is 0 Å². The summed E-state index contributed by atoms with van der Waals surface area (Å²) in [6, 6.07) is 77.5. The Balaban J connectivity index is 0.867. The summed E-state index contributed by atoms with van der Waals surface area (Å²) < 4.78 is 43.8. The lowest BCUT2D eigenvalue weighted by molar-refractivity contribution is 1.18. The molecule has 0 spiro atoms. The number of nitrogens with zero attached hydrogens (tertiary/aromatic N) is 2. The van der Waals surface area contributed by atoms with Crippen LogP contribution in [0.5, 0.6) is 0 Å². The summed E-state index contributed by atoms with van der Waals surface area (Å²) in [4.78, 5) is 2.17. The van der Waals surface area contributed by atoms with E-state index in [0.29, 0.717) is 5.56 Å². The number of aromatic nitrogens is 1. The second-order valence-corrected chi connectivity index (χ2v) is 16.2. The highest BCUT2D eigenvalue weighted by molar-refractivity contribution is 6.21. The van der Waals surface area contributed by atoms with Gasteiger partial charge < -0.3 is 9.47 Å². The molecule has 0 aliphatic carbocycles. The van der Waals surface area contributed by atoms with E-state index >= 15 is 0 Å². The van der Waals surface area contributed by atoms with Gasteiger partial charge in [-0.3, -0.25) is 0 Å². The molecule has 300 valence electrons. The van der Waals surface area contributed by atoms with Gasteiger partial charge in [0.1, 0.15) is 0 Å². The van der Waals surface area contributed by atoms with Crippen LogP contribution in [0.4, 0.5) is 17.1 Å². The SMILES string of the molecule is [2H]c1c([2H])c([2H])c(-c2ccc(N(c3ccccc3)c3ccc4cc(-c5ccc(-c6ccc7c8c9ccccc9ccc8n(-c8ccc(-c9ccccc9)cc8)c7c6)cc5)ccc4c3)cc2)c([2H])c1[2H]. The summed E-state index contributed by atoms with van der Waals surface area (Å²) >= 11 is 0. The first-order valence-electron chi connectivity index (χ1n) is 24.1. The smallest absolute Gasteiger partial charge is 0.0629 e. The van der Waals surface area contributed by atoms with Crippen LogP contribution < -0.4 is 4.90 Å². The Hall–Kier alpha value is -8.46. The van der Waals surface area contributed by atoms with Gasteiger partial charge in [-0.1, -0.05) is 188 Å². The Morgan fingerprint density at radius 1 is 0.312 bits per heavy atom. The lowest BCUT2D eigenvalue weighted by Crippen LogP contribution is -2.09. The zero-order valence-corrected chi connectivity index (χ0v) is 34.8. The quantitative estimate of drug-likeness (QED) is 0.148. The molecule has 1 heterocycles. The van der Waals surface area contributed by atoms with Gasteiger partial charge >= 0.3 is 0 Å². The maximum atomic E-state index is 8.50. The molecule has 0 atom stereocenters. The van der Waals surface area contributed by atoms with E-state index in [-0.39, 0.29) is 29.7 Å². The molecular weight excluding hydrogens is 773 g/mol. The zero-order chi connectivity index (χ0) is 46.8. The Morgan fingerprint density at radius 2 is 0.828 bits per heavy atom. The van der Waals surface area contributed by atoms with Crippen LogP contribution in [0.25, 0.3) is 93.5 Å². The van der Waals surface area contributed by atoms with Crippen LogP contribution in [0.1, 0.15) is 6.85 Å². The first-order valence-corrected chi connectivity index (χ1v) is 21.6. The summed E-state index contributed by atoms with van der Waals surface area (Å²) in [5.74, 6) is 0. The van der Waals surface area contributed by atoms with Gasteiger partial charge in [0, 0.05) is 33.5 Å². The van der Waals surface area contributed by atoms with Gasteiger partial charge in [-0.05, 0) is 133 Å². The topological polar surface area (TPSA) is 8.17 Å². The molecule has 1 aromatic heterocycles. The van der Waals surface area contributed by atoms with Gasteiger partial charge in [-0.2, -0.15) is 0 Å².